The van der Waals surface area contributed by atoms with Gasteiger partial charge in [0, 0.05) is 11.3 Å². The van der Waals surface area contributed by atoms with Gasteiger partial charge in [0.15, 0.2) is 0 Å². The number of anilines is 1. The van der Waals surface area contributed by atoms with Crippen LogP contribution >= 0.6 is 0 Å². The minimum atomic E-state index is -0.580. The SMILES string of the molecule is CCOc1ccc2ccc(OCC)c(/C=C(\C#N)C(=O)Nc3ccc(C(=O)OC)cc3)c2c1. The molecule has 3 rings (SSSR count). The molecule has 0 aliphatic heterocycles. The third kappa shape index (κ3) is 5.49. The average Bonchev–Trinajstić information content (AvgIpc) is 2.83. The Kier molecular flexibility index (Phi) is 7.66. The number of carbonyl (C=O) groups excluding carboxylic acids is 2. The maximum absolute atomic E-state index is 12.8. The first-order valence-corrected chi connectivity index (χ1v) is 10.4. The van der Waals surface area contributed by atoms with Crippen LogP contribution in [0.2, 0.25) is 0 Å². The first kappa shape index (κ1) is 23.4. The van der Waals surface area contributed by atoms with Crippen molar-refractivity contribution in [2.75, 3.05) is 25.6 Å². The Labute approximate surface area is 192 Å². The van der Waals surface area contributed by atoms with Gasteiger partial charge in [-0.05, 0) is 73.2 Å². The van der Waals surface area contributed by atoms with Crippen LogP contribution in [0.3, 0.4) is 0 Å². The molecule has 0 bridgehead atoms. The van der Waals surface area contributed by atoms with E-state index in [1.165, 1.54) is 25.3 Å². The van der Waals surface area contributed by atoms with Crippen LogP contribution in [0.5, 0.6) is 11.5 Å². The summed E-state index contributed by atoms with van der Waals surface area (Å²) >= 11 is 0. The molecule has 0 saturated carbocycles. The number of ether oxygens (including phenoxy) is 3. The lowest BCUT2D eigenvalue weighted by atomic mass is 10.0. The van der Waals surface area contributed by atoms with Gasteiger partial charge in [0.25, 0.3) is 5.91 Å². The van der Waals surface area contributed by atoms with E-state index in [-0.39, 0.29) is 5.57 Å². The molecule has 3 aromatic carbocycles. The molecule has 168 valence electrons. The molecule has 0 atom stereocenters. The number of hydrogen-bond donors (Lipinski definition) is 1. The minimum absolute atomic E-state index is 0.0951. The standard InChI is InChI=1S/C26H24N2O5/c1-4-32-21-12-8-17-9-13-24(33-5-2)23(22(17)15-21)14-19(16-27)25(29)28-20-10-6-18(7-11-20)26(30)31-3/h6-15H,4-5H2,1-3H3,(H,28,29)/b19-14+. The van der Waals surface area contributed by atoms with Gasteiger partial charge in [0.1, 0.15) is 23.1 Å². The second-order valence-electron chi connectivity index (χ2n) is 6.92. The number of amides is 1. The van der Waals surface area contributed by atoms with Gasteiger partial charge in [-0.2, -0.15) is 5.26 Å². The van der Waals surface area contributed by atoms with Crippen molar-refractivity contribution < 1.29 is 23.8 Å². The van der Waals surface area contributed by atoms with Crippen LogP contribution < -0.4 is 14.8 Å². The van der Waals surface area contributed by atoms with Crippen LogP contribution in [-0.2, 0) is 9.53 Å². The summed E-state index contributed by atoms with van der Waals surface area (Å²) in [6, 6.07) is 17.6. The molecule has 1 N–H and O–H groups in total. The summed E-state index contributed by atoms with van der Waals surface area (Å²) in [6.45, 7) is 4.71. The van der Waals surface area contributed by atoms with E-state index < -0.39 is 11.9 Å². The van der Waals surface area contributed by atoms with Gasteiger partial charge >= 0.3 is 5.97 Å². The largest absolute Gasteiger partial charge is 0.494 e. The van der Waals surface area contributed by atoms with Crippen molar-refractivity contribution in [1.82, 2.24) is 0 Å². The van der Waals surface area contributed by atoms with E-state index >= 15 is 0 Å². The van der Waals surface area contributed by atoms with Crippen molar-refractivity contribution in [3.8, 4) is 17.6 Å². The van der Waals surface area contributed by atoms with Crippen LogP contribution in [0.25, 0.3) is 16.8 Å². The van der Waals surface area contributed by atoms with Gasteiger partial charge in [0.2, 0.25) is 0 Å². The number of nitriles is 1. The number of carbonyl (C=O) groups is 2. The number of hydrogen-bond acceptors (Lipinski definition) is 6. The molecule has 33 heavy (non-hydrogen) atoms. The smallest absolute Gasteiger partial charge is 0.337 e. The predicted molar refractivity (Wildman–Crippen MR) is 126 cm³/mol. The molecule has 1 amide bonds. The summed E-state index contributed by atoms with van der Waals surface area (Å²) in [4.78, 5) is 24.4. The van der Waals surface area contributed by atoms with Gasteiger partial charge in [-0.15, -0.1) is 0 Å². The summed E-state index contributed by atoms with van der Waals surface area (Å²) in [6.07, 6.45) is 1.52. The van der Waals surface area contributed by atoms with Crippen LogP contribution in [0.15, 0.2) is 60.2 Å². The molecule has 0 heterocycles. The Morgan fingerprint density at radius 1 is 1.00 bits per heavy atom. The van der Waals surface area contributed by atoms with E-state index in [2.05, 4.69) is 10.1 Å². The predicted octanol–water partition coefficient (Wildman–Crippen LogP) is 4.97. The monoisotopic (exact) mass is 444 g/mol. The van der Waals surface area contributed by atoms with Gasteiger partial charge in [-0.3, -0.25) is 4.79 Å². The Morgan fingerprint density at radius 3 is 2.33 bits per heavy atom. The normalized spacial score (nSPS) is 10.9. The zero-order valence-corrected chi connectivity index (χ0v) is 18.7. The molecular formula is C26H24N2O5. The van der Waals surface area contributed by atoms with Crippen LogP contribution in [0.4, 0.5) is 5.69 Å². The highest BCUT2D eigenvalue weighted by Gasteiger charge is 2.15. The van der Waals surface area contributed by atoms with E-state index in [1.54, 1.807) is 12.1 Å². The summed E-state index contributed by atoms with van der Waals surface area (Å²) in [7, 11) is 1.29. The molecule has 0 spiro atoms. The molecule has 0 aliphatic rings. The zero-order chi connectivity index (χ0) is 23.8. The maximum Gasteiger partial charge on any atom is 0.337 e. The number of rotatable bonds is 8. The maximum atomic E-state index is 12.8. The molecule has 7 heteroatoms. The number of benzene rings is 3. The number of methoxy groups -OCH3 is 1. The fraction of sp³-hybridized carbons (Fsp3) is 0.192. The lowest BCUT2D eigenvalue weighted by Crippen LogP contribution is -2.13. The Morgan fingerprint density at radius 2 is 1.70 bits per heavy atom. The molecule has 0 aromatic heterocycles. The highest BCUT2D eigenvalue weighted by atomic mass is 16.5. The summed E-state index contributed by atoms with van der Waals surface area (Å²) in [5, 5.41) is 14.1. The third-order valence-corrected chi connectivity index (χ3v) is 4.82. The first-order chi connectivity index (χ1) is 16.0. The zero-order valence-electron chi connectivity index (χ0n) is 18.7. The average molecular weight is 444 g/mol. The molecule has 0 unspecified atom stereocenters. The fourth-order valence-corrected chi connectivity index (χ4v) is 3.29. The van der Waals surface area contributed by atoms with Gasteiger partial charge in [0.05, 0.1) is 25.9 Å². The van der Waals surface area contributed by atoms with Crippen molar-refractivity contribution >= 4 is 34.4 Å². The highest BCUT2D eigenvalue weighted by molar-refractivity contribution is 6.11. The molecule has 3 aromatic rings. The van der Waals surface area contributed by atoms with E-state index in [0.29, 0.717) is 41.5 Å². The molecule has 0 aliphatic carbocycles. The lowest BCUT2D eigenvalue weighted by molar-refractivity contribution is -0.112. The topological polar surface area (TPSA) is 97.6 Å². The van der Waals surface area contributed by atoms with Crippen LogP contribution in [0.1, 0.15) is 29.8 Å². The van der Waals surface area contributed by atoms with E-state index in [4.69, 9.17) is 9.47 Å². The minimum Gasteiger partial charge on any atom is -0.494 e. The summed E-state index contributed by atoms with van der Waals surface area (Å²) in [5.74, 6) is 0.184. The Bertz CT molecular complexity index is 1230. The van der Waals surface area contributed by atoms with E-state index in [1.807, 2.05) is 50.2 Å². The van der Waals surface area contributed by atoms with Gasteiger partial charge < -0.3 is 19.5 Å². The quantitative estimate of drug-likeness (QED) is 0.299. The summed E-state index contributed by atoms with van der Waals surface area (Å²) < 4.78 is 16.1. The highest BCUT2D eigenvalue weighted by Crippen LogP contribution is 2.33. The van der Waals surface area contributed by atoms with Gasteiger partial charge in [-0.1, -0.05) is 12.1 Å². The molecule has 0 fully saturated rings. The molecule has 0 radical (unpaired) electrons. The second kappa shape index (κ2) is 10.8. The lowest BCUT2D eigenvalue weighted by Gasteiger charge is -2.13. The second-order valence-corrected chi connectivity index (χ2v) is 6.92. The fourth-order valence-electron chi connectivity index (χ4n) is 3.29. The molecular weight excluding hydrogens is 420 g/mol. The third-order valence-electron chi connectivity index (χ3n) is 4.82. The number of nitrogens with one attached hydrogen (secondary N) is 1. The number of fused-ring (bicyclic) bond motifs is 1. The first-order valence-electron chi connectivity index (χ1n) is 10.4. The number of nitrogens with zero attached hydrogens (tertiary/aromatic N) is 1. The van der Waals surface area contributed by atoms with Crippen LogP contribution in [-0.4, -0.2) is 32.2 Å². The van der Waals surface area contributed by atoms with E-state index in [9.17, 15) is 14.9 Å². The van der Waals surface area contributed by atoms with Crippen molar-refractivity contribution in [3.63, 3.8) is 0 Å². The molecule has 0 saturated heterocycles. The van der Waals surface area contributed by atoms with Crippen molar-refractivity contribution in [3.05, 3.63) is 71.3 Å². The Balaban J connectivity index is 1.99. The number of esters is 1. The van der Waals surface area contributed by atoms with Gasteiger partial charge in [-0.25, -0.2) is 4.79 Å². The summed E-state index contributed by atoms with van der Waals surface area (Å²) in [5.41, 5.74) is 1.31. The van der Waals surface area contributed by atoms with Crippen molar-refractivity contribution in [2.24, 2.45) is 0 Å². The van der Waals surface area contributed by atoms with E-state index in [0.717, 1.165) is 10.8 Å². The molecule has 7 nitrogen and oxygen atoms in total. The Hall–Kier alpha value is -4.31. The van der Waals surface area contributed by atoms with Crippen molar-refractivity contribution in [1.29, 1.82) is 5.26 Å². The van der Waals surface area contributed by atoms with Crippen LogP contribution in [0, 0.1) is 11.3 Å². The van der Waals surface area contributed by atoms with Crippen molar-refractivity contribution in [2.45, 2.75) is 13.8 Å².